The van der Waals surface area contributed by atoms with E-state index in [9.17, 15) is 0 Å². The minimum atomic E-state index is -0.985. The van der Waals surface area contributed by atoms with Gasteiger partial charge in [-0.05, 0) is 35.9 Å². The van der Waals surface area contributed by atoms with Crippen LogP contribution in [0.1, 0.15) is 38.3 Å². The van der Waals surface area contributed by atoms with Gasteiger partial charge in [0.2, 0.25) is 0 Å². The molecule has 1 atom stereocenters. The first-order valence-electron chi connectivity index (χ1n) is 7.32. The maximum atomic E-state index is 2.44. The summed E-state index contributed by atoms with van der Waals surface area (Å²) in [7, 11) is -0.985. The van der Waals surface area contributed by atoms with Gasteiger partial charge in [-0.2, -0.15) is 0 Å². The van der Waals surface area contributed by atoms with Crippen LogP contribution in [0.5, 0.6) is 0 Å². The lowest BCUT2D eigenvalue weighted by Crippen LogP contribution is -2.40. The minimum absolute atomic E-state index is 0.985. The zero-order chi connectivity index (χ0) is 12.3. The average molecular weight is 246 g/mol. The molecule has 0 heterocycles. The van der Waals surface area contributed by atoms with Crippen LogP contribution in [0, 0.1) is 0 Å². The van der Waals surface area contributed by atoms with E-state index in [4.69, 9.17) is 0 Å². The summed E-state index contributed by atoms with van der Waals surface area (Å²) in [5.74, 6) is 0. The van der Waals surface area contributed by atoms with Crippen molar-refractivity contribution in [1.82, 2.24) is 0 Å². The zero-order valence-corrected chi connectivity index (χ0v) is 12.6. The van der Waals surface area contributed by atoms with Gasteiger partial charge in [0, 0.05) is 0 Å². The van der Waals surface area contributed by atoms with Crippen LogP contribution in [0.25, 0.3) is 0 Å². The quantitative estimate of drug-likeness (QED) is 0.652. The minimum Gasteiger partial charge on any atom is -0.0678 e. The van der Waals surface area contributed by atoms with Gasteiger partial charge >= 0.3 is 0 Å². The molecule has 94 valence electrons. The molecule has 17 heavy (non-hydrogen) atoms. The number of aryl methyl sites for hydroxylation is 1. The molecule has 0 aliphatic heterocycles. The van der Waals surface area contributed by atoms with Crippen LogP contribution in [0.3, 0.4) is 0 Å². The Labute approximate surface area is 107 Å². The predicted octanol–water partition coefficient (Wildman–Crippen LogP) is 5.05. The van der Waals surface area contributed by atoms with Gasteiger partial charge in [0.25, 0.3) is 0 Å². The molecular weight excluding hydrogens is 220 g/mol. The van der Waals surface area contributed by atoms with E-state index in [0.717, 1.165) is 5.54 Å². The summed E-state index contributed by atoms with van der Waals surface area (Å²) < 4.78 is 0. The molecule has 0 nitrogen and oxygen atoms in total. The van der Waals surface area contributed by atoms with Gasteiger partial charge in [-0.15, -0.1) is 0 Å². The van der Waals surface area contributed by atoms with E-state index in [1.807, 2.05) is 0 Å². The summed E-state index contributed by atoms with van der Waals surface area (Å²) in [6.45, 7) is 7.33. The van der Waals surface area contributed by atoms with Crippen LogP contribution in [0.15, 0.2) is 24.3 Å². The summed E-state index contributed by atoms with van der Waals surface area (Å²) in [6.07, 6.45) is 4.16. The maximum Gasteiger partial charge on any atom is 0.0562 e. The number of hydrogen-bond acceptors (Lipinski definition) is 0. The van der Waals surface area contributed by atoms with Gasteiger partial charge in [0.05, 0.1) is 8.07 Å². The average Bonchev–Trinajstić information content (AvgIpc) is 2.41. The third-order valence-corrected chi connectivity index (χ3v) is 11.8. The fourth-order valence-corrected chi connectivity index (χ4v) is 8.48. The first kappa shape index (κ1) is 12.9. The Morgan fingerprint density at radius 1 is 1.00 bits per heavy atom. The van der Waals surface area contributed by atoms with Crippen molar-refractivity contribution < 1.29 is 0 Å². The molecule has 1 unspecified atom stereocenters. The molecule has 0 fully saturated rings. The molecule has 0 saturated carbocycles. The van der Waals surface area contributed by atoms with Gasteiger partial charge in [-0.1, -0.05) is 63.2 Å². The van der Waals surface area contributed by atoms with Crippen LogP contribution < -0.4 is 0 Å². The van der Waals surface area contributed by atoms with Crippen LogP contribution in [0.2, 0.25) is 23.7 Å². The smallest absolute Gasteiger partial charge is 0.0562 e. The van der Waals surface area contributed by atoms with Gasteiger partial charge < -0.3 is 0 Å². The summed E-state index contributed by atoms with van der Waals surface area (Å²) in [5.41, 5.74) is 4.31. The highest BCUT2D eigenvalue weighted by atomic mass is 28.3. The van der Waals surface area contributed by atoms with Crippen molar-refractivity contribution in [3.8, 4) is 0 Å². The largest absolute Gasteiger partial charge is 0.0678 e. The molecule has 1 aliphatic rings. The standard InChI is InChI=1S/C16H26Si/c1-4-17(5-2,6-3)16-12-11-14-9-7-8-10-15(14)13-16/h7-10,16H,4-6,11-13H2,1-3H3. The van der Waals surface area contributed by atoms with Gasteiger partial charge in [0.15, 0.2) is 0 Å². The fraction of sp³-hybridized carbons (Fsp3) is 0.625. The Kier molecular flexibility index (Phi) is 4.08. The van der Waals surface area contributed by atoms with Crippen molar-refractivity contribution in [3.63, 3.8) is 0 Å². The van der Waals surface area contributed by atoms with E-state index in [-0.39, 0.29) is 0 Å². The maximum absolute atomic E-state index is 2.44. The molecule has 1 aromatic carbocycles. The molecule has 0 aromatic heterocycles. The Bertz CT molecular complexity index is 357. The third-order valence-electron chi connectivity index (χ3n) is 5.33. The van der Waals surface area contributed by atoms with Crippen molar-refractivity contribution in [3.05, 3.63) is 35.4 Å². The zero-order valence-electron chi connectivity index (χ0n) is 11.6. The van der Waals surface area contributed by atoms with E-state index in [1.54, 1.807) is 11.1 Å². The monoisotopic (exact) mass is 246 g/mol. The van der Waals surface area contributed by atoms with E-state index < -0.39 is 8.07 Å². The van der Waals surface area contributed by atoms with Crippen molar-refractivity contribution in [2.45, 2.75) is 63.7 Å². The number of hydrogen-bond donors (Lipinski definition) is 0. The van der Waals surface area contributed by atoms with E-state index in [2.05, 4.69) is 45.0 Å². The molecule has 0 spiro atoms. The molecule has 0 saturated heterocycles. The predicted molar refractivity (Wildman–Crippen MR) is 79.4 cm³/mol. The molecule has 0 amide bonds. The van der Waals surface area contributed by atoms with Crippen molar-refractivity contribution >= 4 is 8.07 Å². The summed E-state index contributed by atoms with van der Waals surface area (Å²) in [6, 6.07) is 13.5. The SMILES string of the molecule is CC[Si](CC)(CC)C1CCc2ccccc2C1. The lowest BCUT2D eigenvalue weighted by Gasteiger charge is -2.40. The highest BCUT2D eigenvalue weighted by molar-refractivity contribution is 6.81. The van der Waals surface area contributed by atoms with Crippen LogP contribution in [0.4, 0.5) is 0 Å². The van der Waals surface area contributed by atoms with Gasteiger partial charge in [-0.25, -0.2) is 0 Å². The first-order valence-corrected chi connectivity index (χ1v) is 10.0. The molecule has 0 N–H and O–H groups in total. The van der Waals surface area contributed by atoms with Crippen molar-refractivity contribution in [2.75, 3.05) is 0 Å². The second-order valence-corrected chi connectivity index (χ2v) is 11.3. The van der Waals surface area contributed by atoms with Crippen LogP contribution in [-0.2, 0) is 12.8 Å². The third kappa shape index (κ3) is 2.35. The number of benzene rings is 1. The number of fused-ring (bicyclic) bond motifs is 1. The van der Waals surface area contributed by atoms with Crippen molar-refractivity contribution in [2.24, 2.45) is 0 Å². The van der Waals surface area contributed by atoms with Gasteiger partial charge in [-0.3, -0.25) is 0 Å². The molecule has 1 aliphatic carbocycles. The van der Waals surface area contributed by atoms with Crippen molar-refractivity contribution in [1.29, 1.82) is 0 Å². The van der Waals surface area contributed by atoms with E-state index in [1.165, 1.54) is 37.4 Å². The summed E-state index contributed by atoms with van der Waals surface area (Å²) >= 11 is 0. The highest BCUT2D eigenvalue weighted by Crippen LogP contribution is 2.42. The topological polar surface area (TPSA) is 0 Å². The molecule has 2 rings (SSSR count). The van der Waals surface area contributed by atoms with E-state index >= 15 is 0 Å². The summed E-state index contributed by atoms with van der Waals surface area (Å²) in [4.78, 5) is 0. The molecule has 1 heteroatoms. The highest BCUT2D eigenvalue weighted by Gasteiger charge is 2.37. The second-order valence-electron chi connectivity index (χ2n) is 5.63. The second kappa shape index (κ2) is 5.39. The summed E-state index contributed by atoms with van der Waals surface area (Å²) in [5, 5.41) is 0. The Morgan fingerprint density at radius 3 is 2.18 bits per heavy atom. The normalized spacial score (nSPS) is 20.1. The molecule has 0 bridgehead atoms. The number of rotatable bonds is 4. The van der Waals surface area contributed by atoms with Gasteiger partial charge in [0.1, 0.15) is 0 Å². The lowest BCUT2D eigenvalue weighted by atomic mass is 9.91. The fourth-order valence-electron chi connectivity index (χ4n) is 3.84. The Hall–Kier alpha value is -0.563. The van der Waals surface area contributed by atoms with E-state index in [0.29, 0.717) is 0 Å². The molecular formula is C16H26Si. The molecule has 1 aromatic rings. The Balaban J connectivity index is 2.21. The van der Waals surface area contributed by atoms with Crippen LogP contribution in [-0.4, -0.2) is 8.07 Å². The lowest BCUT2D eigenvalue weighted by molar-refractivity contribution is 0.650. The molecule has 0 radical (unpaired) electrons. The Morgan fingerprint density at radius 2 is 1.59 bits per heavy atom. The first-order chi connectivity index (χ1) is 8.25. The van der Waals surface area contributed by atoms with Crippen LogP contribution >= 0.6 is 0 Å².